The second-order valence-corrected chi connectivity index (χ2v) is 3.88. The van der Waals surface area contributed by atoms with Gasteiger partial charge in [-0.15, -0.1) is 0 Å². The molecule has 0 unspecified atom stereocenters. The first kappa shape index (κ1) is 12.3. The fraction of sp³-hybridized carbons (Fsp3) is 0.364. The van der Waals surface area contributed by atoms with Crippen LogP contribution in [-0.2, 0) is 4.74 Å². The Balaban J connectivity index is 2.23. The standard InChI is InChI=1S/C11H10FN3O3/c12-9-4-10(14-6-8-1-2-18-8)11(15(16)17)3-7(9)5-13/h3-4,8,14H,1-2,6H2/t8-/m0/s1. The number of nitro groups is 1. The van der Waals surface area contributed by atoms with Gasteiger partial charge in [0.1, 0.15) is 17.6 Å². The van der Waals surface area contributed by atoms with Crippen LogP contribution in [0.15, 0.2) is 12.1 Å². The average Bonchev–Trinajstić information content (AvgIpc) is 2.26. The highest BCUT2D eigenvalue weighted by molar-refractivity contribution is 5.64. The molecule has 0 radical (unpaired) electrons. The van der Waals surface area contributed by atoms with Gasteiger partial charge in [0.2, 0.25) is 0 Å². The molecule has 1 fully saturated rings. The van der Waals surface area contributed by atoms with Crippen LogP contribution in [0.4, 0.5) is 15.8 Å². The summed E-state index contributed by atoms with van der Waals surface area (Å²) < 4.78 is 18.5. The number of nitrogens with one attached hydrogen (secondary N) is 1. The van der Waals surface area contributed by atoms with Gasteiger partial charge in [-0.05, 0) is 6.42 Å². The first-order chi connectivity index (χ1) is 8.61. The summed E-state index contributed by atoms with van der Waals surface area (Å²) in [5, 5.41) is 22.2. The summed E-state index contributed by atoms with van der Waals surface area (Å²) in [6, 6.07) is 3.47. The SMILES string of the molecule is N#Cc1cc([N+](=O)[O-])c(NC[C@@H]2CCO2)cc1F. The molecule has 6 nitrogen and oxygen atoms in total. The Morgan fingerprint density at radius 2 is 2.39 bits per heavy atom. The molecule has 1 aliphatic heterocycles. The topological polar surface area (TPSA) is 88.2 Å². The van der Waals surface area contributed by atoms with Crippen LogP contribution in [0.5, 0.6) is 0 Å². The van der Waals surface area contributed by atoms with Crippen LogP contribution in [0.25, 0.3) is 0 Å². The Morgan fingerprint density at radius 1 is 1.67 bits per heavy atom. The van der Waals surface area contributed by atoms with E-state index in [0.29, 0.717) is 13.2 Å². The lowest BCUT2D eigenvalue weighted by molar-refractivity contribution is -0.384. The zero-order chi connectivity index (χ0) is 13.1. The van der Waals surface area contributed by atoms with Crippen molar-refractivity contribution >= 4 is 11.4 Å². The van der Waals surface area contributed by atoms with Gasteiger partial charge in [-0.2, -0.15) is 5.26 Å². The number of nitrogens with zero attached hydrogens (tertiary/aromatic N) is 2. The number of nitro benzene ring substituents is 1. The molecule has 0 spiro atoms. The lowest BCUT2D eigenvalue weighted by Gasteiger charge is -2.26. The van der Waals surface area contributed by atoms with Crippen molar-refractivity contribution in [2.24, 2.45) is 0 Å². The molecule has 1 aromatic rings. The molecular formula is C11H10FN3O3. The summed E-state index contributed by atoms with van der Waals surface area (Å²) in [7, 11) is 0. The molecule has 0 bridgehead atoms. The molecule has 1 N–H and O–H groups in total. The van der Waals surface area contributed by atoms with Crippen LogP contribution in [0.3, 0.4) is 0 Å². The van der Waals surface area contributed by atoms with Crippen LogP contribution in [0, 0.1) is 27.3 Å². The first-order valence-electron chi connectivity index (χ1n) is 5.35. The van der Waals surface area contributed by atoms with E-state index in [4.69, 9.17) is 10.00 Å². The number of hydrogen-bond donors (Lipinski definition) is 1. The summed E-state index contributed by atoms with van der Waals surface area (Å²) in [6.45, 7) is 1.06. The van der Waals surface area contributed by atoms with E-state index in [0.717, 1.165) is 18.6 Å². The van der Waals surface area contributed by atoms with Crippen molar-refractivity contribution in [1.29, 1.82) is 5.26 Å². The molecule has 0 saturated carbocycles. The number of halogens is 1. The summed E-state index contributed by atoms with van der Waals surface area (Å²) in [4.78, 5) is 10.2. The summed E-state index contributed by atoms with van der Waals surface area (Å²) in [5.41, 5.74) is -0.591. The van der Waals surface area contributed by atoms with Gasteiger partial charge in [0.15, 0.2) is 0 Å². The third-order valence-electron chi connectivity index (χ3n) is 2.72. The fourth-order valence-corrected chi connectivity index (χ4v) is 1.61. The van der Waals surface area contributed by atoms with E-state index in [-0.39, 0.29) is 23.0 Å². The lowest BCUT2D eigenvalue weighted by atomic mass is 10.1. The van der Waals surface area contributed by atoms with Gasteiger partial charge in [-0.25, -0.2) is 4.39 Å². The van der Waals surface area contributed by atoms with Crippen LogP contribution in [0.1, 0.15) is 12.0 Å². The first-order valence-corrected chi connectivity index (χ1v) is 5.35. The Labute approximate surface area is 102 Å². The van der Waals surface area contributed by atoms with E-state index >= 15 is 0 Å². The van der Waals surface area contributed by atoms with Crippen molar-refractivity contribution in [2.75, 3.05) is 18.5 Å². The quantitative estimate of drug-likeness (QED) is 0.651. The van der Waals surface area contributed by atoms with E-state index in [2.05, 4.69) is 5.32 Å². The Kier molecular flexibility index (Phi) is 3.39. The minimum atomic E-state index is -0.778. The van der Waals surface area contributed by atoms with Crippen molar-refractivity contribution in [1.82, 2.24) is 0 Å². The highest BCUT2D eigenvalue weighted by Crippen LogP contribution is 2.28. The number of nitriles is 1. The van der Waals surface area contributed by atoms with Gasteiger partial charge in [-0.3, -0.25) is 10.1 Å². The minimum Gasteiger partial charge on any atom is -0.377 e. The molecule has 1 aromatic carbocycles. The van der Waals surface area contributed by atoms with E-state index in [1.807, 2.05) is 0 Å². The number of hydrogen-bond acceptors (Lipinski definition) is 5. The number of rotatable bonds is 4. The molecule has 1 atom stereocenters. The second-order valence-electron chi connectivity index (χ2n) is 3.88. The van der Waals surface area contributed by atoms with E-state index < -0.39 is 10.7 Å². The number of benzene rings is 1. The van der Waals surface area contributed by atoms with Gasteiger partial charge in [0.05, 0.1) is 16.6 Å². The van der Waals surface area contributed by atoms with Gasteiger partial charge >= 0.3 is 0 Å². The van der Waals surface area contributed by atoms with Gasteiger partial charge in [-0.1, -0.05) is 0 Å². The van der Waals surface area contributed by atoms with Gasteiger partial charge in [0.25, 0.3) is 5.69 Å². The lowest BCUT2D eigenvalue weighted by Crippen LogP contribution is -2.33. The maximum Gasteiger partial charge on any atom is 0.293 e. The molecular weight excluding hydrogens is 241 g/mol. The highest BCUT2D eigenvalue weighted by atomic mass is 19.1. The van der Waals surface area contributed by atoms with E-state index in [1.54, 1.807) is 6.07 Å². The van der Waals surface area contributed by atoms with Crippen molar-refractivity contribution < 1.29 is 14.1 Å². The predicted octanol–water partition coefficient (Wildman–Crippen LogP) is 1.81. The highest BCUT2D eigenvalue weighted by Gasteiger charge is 2.22. The molecule has 18 heavy (non-hydrogen) atoms. The molecule has 0 aromatic heterocycles. The minimum absolute atomic E-state index is 0.00306. The molecule has 0 aliphatic carbocycles. The summed E-state index contributed by atoms with van der Waals surface area (Å²) in [5.74, 6) is -0.778. The summed E-state index contributed by atoms with van der Waals surface area (Å²) >= 11 is 0. The smallest absolute Gasteiger partial charge is 0.293 e. The van der Waals surface area contributed by atoms with E-state index in [1.165, 1.54) is 0 Å². The van der Waals surface area contributed by atoms with Crippen molar-refractivity contribution in [3.05, 3.63) is 33.6 Å². The van der Waals surface area contributed by atoms with Crippen molar-refractivity contribution in [3.8, 4) is 6.07 Å². The van der Waals surface area contributed by atoms with Crippen LogP contribution in [0.2, 0.25) is 0 Å². The second kappa shape index (κ2) is 4.98. The van der Waals surface area contributed by atoms with Crippen molar-refractivity contribution in [3.63, 3.8) is 0 Å². The maximum atomic E-state index is 13.4. The third-order valence-corrected chi connectivity index (χ3v) is 2.72. The Bertz CT molecular complexity index is 523. The Morgan fingerprint density at radius 3 is 2.89 bits per heavy atom. The Hall–Kier alpha value is -2.20. The predicted molar refractivity (Wildman–Crippen MR) is 60.6 cm³/mol. The third kappa shape index (κ3) is 2.38. The molecule has 1 aliphatic rings. The molecule has 94 valence electrons. The van der Waals surface area contributed by atoms with E-state index in [9.17, 15) is 14.5 Å². The number of anilines is 1. The number of ether oxygens (including phenoxy) is 1. The largest absolute Gasteiger partial charge is 0.377 e. The van der Waals surface area contributed by atoms with Gasteiger partial charge < -0.3 is 10.1 Å². The molecule has 1 saturated heterocycles. The van der Waals surface area contributed by atoms with Gasteiger partial charge in [0, 0.05) is 25.3 Å². The molecule has 0 amide bonds. The summed E-state index contributed by atoms with van der Waals surface area (Å²) in [6.07, 6.45) is 0.878. The monoisotopic (exact) mass is 251 g/mol. The van der Waals surface area contributed by atoms with Crippen LogP contribution >= 0.6 is 0 Å². The zero-order valence-electron chi connectivity index (χ0n) is 9.35. The fourth-order valence-electron chi connectivity index (χ4n) is 1.61. The van der Waals surface area contributed by atoms with Crippen molar-refractivity contribution in [2.45, 2.75) is 12.5 Å². The molecule has 7 heteroatoms. The molecule has 2 rings (SSSR count). The van der Waals surface area contributed by atoms with Crippen LogP contribution in [-0.4, -0.2) is 24.2 Å². The van der Waals surface area contributed by atoms with Crippen LogP contribution < -0.4 is 5.32 Å². The maximum absolute atomic E-state index is 13.4. The average molecular weight is 251 g/mol. The molecule has 1 heterocycles. The zero-order valence-corrected chi connectivity index (χ0v) is 9.35. The normalized spacial score (nSPS) is 17.7.